The minimum Gasteiger partial charge on any atom is -0.493 e. The van der Waals surface area contributed by atoms with Crippen LogP contribution in [0, 0.1) is 0 Å². The number of methoxy groups -OCH3 is 3. The maximum atomic E-state index is 12.1. The lowest BCUT2D eigenvalue weighted by molar-refractivity contribution is -0.118. The molecule has 3 aromatic rings. The summed E-state index contributed by atoms with van der Waals surface area (Å²) in [5, 5.41) is 11.7. The van der Waals surface area contributed by atoms with Gasteiger partial charge in [-0.05, 0) is 23.8 Å². The van der Waals surface area contributed by atoms with Crippen molar-refractivity contribution in [3.05, 3.63) is 47.0 Å². The molecule has 158 valence electrons. The summed E-state index contributed by atoms with van der Waals surface area (Å²) in [4.78, 5) is 12.1. The van der Waals surface area contributed by atoms with Crippen LogP contribution in [0.15, 0.2) is 46.0 Å². The van der Waals surface area contributed by atoms with Crippen LogP contribution in [0.2, 0.25) is 5.02 Å². The molecule has 0 aliphatic heterocycles. The number of nitrogens with zero attached hydrogens (tertiary/aromatic N) is 2. The van der Waals surface area contributed by atoms with E-state index in [2.05, 4.69) is 15.5 Å². The Hall–Kier alpha value is -2.91. The molecular weight excluding hydrogens is 430 g/mol. The molecule has 0 saturated heterocycles. The summed E-state index contributed by atoms with van der Waals surface area (Å²) in [6.45, 7) is 0.347. The Morgan fingerprint density at radius 3 is 2.43 bits per heavy atom. The maximum Gasteiger partial charge on any atom is 0.277 e. The zero-order chi connectivity index (χ0) is 21.5. The summed E-state index contributed by atoms with van der Waals surface area (Å²) < 4.78 is 21.6. The van der Waals surface area contributed by atoms with Crippen molar-refractivity contribution in [3.8, 4) is 28.7 Å². The van der Waals surface area contributed by atoms with Crippen LogP contribution in [0.5, 0.6) is 17.2 Å². The van der Waals surface area contributed by atoms with Crippen LogP contribution in [0.25, 0.3) is 11.5 Å². The van der Waals surface area contributed by atoms with Crippen LogP contribution < -0.4 is 19.5 Å². The van der Waals surface area contributed by atoms with E-state index in [1.807, 2.05) is 18.2 Å². The third-order valence-electron chi connectivity index (χ3n) is 4.08. The summed E-state index contributed by atoms with van der Waals surface area (Å²) >= 11 is 7.23. The van der Waals surface area contributed by atoms with Gasteiger partial charge in [-0.1, -0.05) is 41.6 Å². The van der Waals surface area contributed by atoms with Gasteiger partial charge in [-0.3, -0.25) is 4.79 Å². The van der Waals surface area contributed by atoms with E-state index in [1.165, 1.54) is 21.3 Å². The number of hydrogen-bond acceptors (Lipinski definition) is 8. The smallest absolute Gasteiger partial charge is 0.277 e. The molecule has 0 radical (unpaired) electrons. The number of halogens is 1. The van der Waals surface area contributed by atoms with Gasteiger partial charge in [0.2, 0.25) is 17.5 Å². The Labute approximate surface area is 182 Å². The summed E-state index contributed by atoms with van der Waals surface area (Å²) in [7, 11) is 4.58. The van der Waals surface area contributed by atoms with Crippen LogP contribution in [0.4, 0.5) is 0 Å². The van der Waals surface area contributed by atoms with Gasteiger partial charge < -0.3 is 23.9 Å². The van der Waals surface area contributed by atoms with Gasteiger partial charge in [0.05, 0.1) is 27.1 Å². The van der Waals surface area contributed by atoms with Crippen molar-refractivity contribution in [2.75, 3.05) is 27.1 Å². The number of benzene rings is 2. The number of nitrogens with one attached hydrogen (secondary N) is 1. The van der Waals surface area contributed by atoms with Gasteiger partial charge in [-0.15, -0.1) is 10.2 Å². The highest BCUT2D eigenvalue weighted by molar-refractivity contribution is 7.99. The van der Waals surface area contributed by atoms with Crippen molar-refractivity contribution in [1.29, 1.82) is 0 Å². The lowest BCUT2D eigenvalue weighted by atomic mass is 10.2. The van der Waals surface area contributed by atoms with Gasteiger partial charge in [0.25, 0.3) is 5.22 Å². The first-order chi connectivity index (χ1) is 14.5. The highest BCUT2D eigenvalue weighted by Crippen LogP contribution is 2.41. The molecule has 0 unspecified atom stereocenters. The van der Waals surface area contributed by atoms with E-state index in [0.717, 1.165) is 17.3 Å². The van der Waals surface area contributed by atoms with E-state index < -0.39 is 0 Å². The molecule has 0 aliphatic rings. The normalized spacial score (nSPS) is 10.5. The number of carbonyl (C=O) groups is 1. The molecule has 0 saturated carbocycles. The zero-order valence-corrected chi connectivity index (χ0v) is 18.2. The van der Waals surface area contributed by atoms with E-state index in [-0.39, 0.29) is 22.8 Å². The van der Waals surface area contributed by atoms with Crippen molar-refractivity contribution >= 4 is 29.3 Å². The maximum absolute atomic E-state index is 12.1. The number of rotatable bonds is 9. The molecule has 8 nitrogen and oxygen atoms in total. The standard InChI is InChI=1S/C20H20ClN3O5S/c1-26-15-8-13(9-16(27-2)18(15)28-3)19-23-24-20(29-19)30-11-17(25)22-10-12-6-4-5-7-14(12)21/h4-9H,10-11H2,1-3H3,(H,22,25). The van der Waals surface area contributed by atoms with Crippen molar-refractivity contribution in [2.45, 2.75) is 11.8 Å². The molecule has 1 heterocycles. The second-order valence-electron chi connectivity index (χ2n) is 5.94. The van der Waals surface area contributed by atoms with Crippen molar-refractivity contribution in [1.82, 2.24) is 15.5 Å². The van der Waals surface area contributed by atoms with Gasteiger partial charge in [0, 0.05) is 17.1 Å². The highest BCUT2D eigenvalue weighted by atomic mass is 35.5. The van der Waals surface area contributed by atoms with Crippen LogP contribution in [-0.4, -0.2) is 43.2 Å². The van der Waals surface area contributed by atoms with E-state index >= 15 is 0 Å². The number of thioether (sulfide) groups is 1. The minimum atomic E-state index is -0.174. The summed E-state index contributed by atoms with van der Waals surface area (Å²) in [5.41, 5.74) is 1.45. The number of amides is 1. The highest BCUT2D eigenvalue weighted by Gasteiger charge is 2.18. The third-order valence-corrected chi connectivity index (χ3v) is 5.27. The molecule has 0 atom stereocenters. The first-order valence-electron chi connectivity index (χ1n) is 8.82. The quantitative estimate of drug-likeness (QED) is 0.492. The summed E-state index contributed by atoms with van der Waals surface area (Å²) in [6, 6.07) is 10.8. The first kappa shape index (κ1) is 21.8. The predicted molar refractivity (Wildman–Crippen MR) is 113 cm³/mol. The topological polar surface area (TPSA) is 95.7 Å². The second kappa shape index (κ2) is 10.2. The molecule has 2 aromatic carbocycles. The van der Waals surface area contributed by atoms with E-state index in [1.54, 1.807) is 18.2 Å². The Kier molecular flexibility index (Phi) is 7.42. The Bertz CT molecular complexity index is 1000. The van der Waals surface area contributed by atoms with Crippen LogP contribution >= 0.6 is 23.4 Å². The number of aromatic nitrogens is 2. The number of ether oxygens (including phenoxy) is 3. The van der Waals surface area contributed by atoms with Crippen LogP contribution in [-0.2, 0) is 11.3 Å². The fourth-order valence-electron chi connectivity index (χ4n) is 2.60. The molecule has 1 aromatic heterocycles. The predicted octanol–water partition coefficient (Wildman–Crippen LogP) is 3.82. The number of hydrogen-bond donors (Lipinski definition) is 1. The summed E-state index contributed by atoms with van der Waals surface area (Å²) in [5.74, 6) is 1.63. The van der Waals surface area contributed by atoms with Gasteiger partial charge in [0.15, 0.2) is 11.5 Å². The van der Waals surface area contributed by atoms with Crippen molar-refractivity contribution < 1.29 is 23.4 Å². The molecule has 1 N–H and O–H groups in total. The first-order valence-corrected chi connectivity index (χ1v) is 10.2. The average molecular weight is 450 g/mol. The summed E-state index contributed by atoms with van der Waals surface area (Å²) in [6.07, 6.45) is 0. The van der Waals surface area contributed by atoms with Crippen molar-refractivity contribution in [3.63, 3.8) is 0 Å². The lowest BCUT2D eigenvalue weighted by Gasteiger charge is -2.12. The molecule has 10 heteroatoms. The monoisotopic (exact) mass is 449 g/mol. The van der Waals surface area contributed by atoms with Crippen LogP contribution in [0.1, 0.15) is 5.56 Å². The fourth-order valence-corrected chi connectivity index (χ4v) is 3.40. The molecule has 0 aliphatic carbocycles. The molecule has 1 amide bonds. The van der Waals surface area contributed by atoms with E-state index in [9.17, 15) is 4.79 Å². The van der Waals surface area contributed by atoms with Crippen molar-refractivity contribution in [2.24, 2.45) is 0 Å². The van der Waals surface area contributed by atoms with Crippen LogP contribution in [0.3, 0.4) is 0 Å². The third kappa shape index (κ3) is 5.17. The average Bonchev–Trinajstić information content (AvgIpc) is 3.25. The molecule has 0 fully saturated rings. The lowest BCUT2D eigenvalue weighted by Crippen LogP contribution is -2.24. The number of carbonyl (C=O) groups excluding carboxylic acids is 1. The Balaban J connectivity index is 1.62. The zero-order valence-electron chi connectivity index (χ0n) is 16.6. The molecule has 0 bridgehead atoms. The SMILES string of the molecule is COc1cc(-c2nnc(SCC(=O)NCc3ccccc3Cl)o2)cc(OC)c1OC. The van der Waals surface area contributed by atoms with Gasteiger partial charge in [-0.2, -0.15) is 0 Å². The van der Waals surface area contributed by atoms with E-state index in [0.29, 0.717) is 34.4 Å². The van der Waals surface area contributed by atoms with Gasteiger partial charge in [-0.25, -0.2) is 0 Å². The Morgan fingerprint density at radius 1 is 1.10 bits per heavy atom. The Morgan fingerprint density at radius 2 is 1.80 bits per heavy atom. The fraction of sp³-hybridized carbons (Fsp3) is 0.250. The molecule has 30 heavy (non-hydrogen) atoms. The molecule has 0 spiro atoms. The molecule has 3 rings (SSSR count). The van der Waals surface area contributed by atoms with Gasteiger partial charge >= 0.3 is 0 Å². The van der Waals surface area contributed by atoms with E-state index in [4.69, 9.17) is 30.2 Å². The van der Waals surface area contributed by atoms with Gasteiger partial charge in [0.1, 0.15) is 0 Å². The second-order valence-corrected chi connectivity index (χ2v) is 7.28. The minimum absolute atomic E-state index is 0.126. The largest absolute Gasteiger partial charge is 0.493 e. The molecular formula is C20H20ClN3O5S.